The summed E-state index contributed by atoms with van der Waals surface area (Å²) in [5.74, 6) is -0.169. The van der Waals surface area contributed by atoms with Crippen molar-refractivity contribution < 1.29 is 9.59 Å². The largest absolute Gasteiger partial charge is 0.355 e. The standard InChI is InChI=1S/C16H22N4O2S/c1-10-7-14(15-9-23-13(4)19-15)11(2)20(10)8-16(22)18-6-5-17-12(3)21/h7,9H,5-6,8H2,1-4H3,(H,17,21)(H,18,22). The maximum Gasteiger partial charge on any atom is 0.239 e. The molecule has 0 aliphatic carbocycles. The summed E-state index contributed by atoms with van der Waals surface area (Å²) in [6.07, 6.45) is 0. The Morgan fingerprint density at radius 2 is 1.91 bits per heavy atom. The third-order valence-electron chi connectivity index (χ3n) is 3.59. The number of rotatable bonds is 6. The van der Waals surface area contributed by atoms with E-state index in [4.69, 9.17) is 0 Å². The van der Waals surface area contributed by atoms with E-state index >= 15 is 0 Å². The number of carbonyl (C=O) groups excluding carboxylic acids is 2. The van der Waals surface area contributed by atoms with E-state index in [1.807, 2.05) is 30.7 Å². The van der Waals surface area contributed by atoms with E-state index in [1.54, 1.807) is 11.3 Å². The number of nitrogens with zero attached hydrogens (tertiary/aromatic N) is 2. The zero-order valence-corrected chi connectivity index (χ0v) is 14.7. The average molecular weight is 334 g/mol. The summed E-state index contributed by atoms with van der Waals surface area (Å²) in [4.78, 5) is 27.3. The Morgan fingerprint density at radius 3 is 2.52 bits per heavy atom. The predicted molar refractivity (Wildman–Crippen MR) is 91.4 cm³/mol. The molecular weight excluding hydrogens is 312 g/mol. The number of nitrogens with one attached hydrogen (secondary N) is 2. The first-order chi connectivity index (χ1) is 10.9. The number of aromatic nitrogens is 2. The van der Waals surface area contributed by atoms with Gasteiger partial charge >= 0.3 is 0 Å². The highest BCUT2D eigenvalue weighted by Crippen LogP contribution is 2.27. The Bertz CT molecular complexity index is 718. The molecule has 0 aliphatic rings. The lowest BCUT2D eigenvalue weighted by molar-refractivity contribution is -0.122. The second-order valence-corrected chi connectivity index (χ2v) is 6.52. The third kappa shape index (κ3) is 4.41. The van der Waals surface area contributed by atoms with Crippen LogP contribution in [-0.2, 0) is 16.1 Å². The molecule has 0 radical (unpaired) electrons. The van der Waals surface area contributed by atoms with E-state index in [1.165, 1.54) is 6.92 Å². The molecule has 7 heteroatoms. The topological polar surface area (TPSA) is 76.0 Å². The van der Waals surface area contributed by atoms with Gasteiger partial charge in [-0.3, -0.25) is 9.59 Å². The fourth-order valence-electron chi connectivity index (χ4n) is 2.43. The number of amides is 2. The summed E-state index contributed by atoms with van der Waals surface area (Å²) in [5, 5.41) is 8.52. The number of thiazole rings is 1. The van der Waals surface area contributed by atoms with Gasteiger partial charge in [-0.05, 0) is 26.8 Å². The zero-order chi connectivity index (χ0) is 17.0. The van der Waals surface area contributed by atoms with Crippen molar-refractivity contribution in [1.29, 1.82) is 0 Å². The van der Waals surface area contributed by atoms with Gasteiger partial charge in [0.1, 0.15) is 6.54 Å². The van der Waals surface area contributed by atoms with Crippen molar-refractivity contribution in [2.24, 2.45) is 0 Å². The number of hydrogen-bond donors (Lipinski definition) is 2. The van der Waals surface area contributed by atoms with Gasteiger partial charge in [0.2, 0.25) is 11.8 Å². The summed E-state index contributed by atoms with van der Waals surface area (Å²) in [6, 6.07) is 2.06. The first kappa shape index (κ1) is 17.2. The average Bonchev–Trinajstić information content (AvgIpc) is 3.02. The van der Waals surface area contributed by atoms with Crippen LogP contribution in [0.25, 0.3) is 11.3 Å². The normalized spacial score (nSPS) is 10.6. The Balaban J connectivity index is 2.02. The minimum Gasteiger partial charge on any atom is -0.355 e. The van der Waals surface area contributed by atoms with Crippen molar-refractivity contribution in [2.45, 2.75) is 34.2 Å². The van der Waals surface area contributed by atoms with Crippen LogP contribution in [0.4, 0.5) is 0 Å². The molecule has 2 N–H and O–H groups in total. The first-order valence-electron chi connectivity index (χ1n) is 7.49. The van der Waals surface area contributed by atoms with Crippen LogP contribution in [0.2, 0.25) is 0 Å². The fourth-order valence-corrected chi connectivity index (χ4v) is 3.04. The van der Waals surface area contributed by atoms with E-state index in [9.17, 15) is 9.59 Å². The summed E-state index contributed by atoms with van der Waals surface area (Å²) in [6.45, 7) is 8.55. The highest BCUT2D eigenvalue weighted by Gasteiger charge is 2.14. The lowest BCUT2D eigenvalue weighted by atomic mass is 10.2. The van der Waals surface area contributed by atoms with Crippen molar-refractivity contribution in [3.05, 3.63) is 27.8 Å². The monoisotopic (exact) mass is 334 g/mol. The zero-order valence-electron chi connectivity index (χ0n) is 13.9. The van der Waals surface area contributed by atoms with Crippen molar-refractivity contribution >= 4 is 23.2 Å². The van der Waals surface area contributed by atoms with Crippen molar-refractivity contribution in [1.82, 2.24) is 20.2 Å². The second kappa shape index (κ2) is 7.41. The molecule has 2 amide bonds. The first-order valence-corrected chi connectivity index (χ1v) is 8.37. The van der Waals surface area contributed by atoms with E-state index in [-0.39, 0.29) is 18.4 Å². The van der Waals surface area contributed by atoms with Crippen molar-refractivity contribution in [2.75, 3.05) is 13.1 Å². The number of carbonyl (C=O) groups is 2. The van der Waals surface area contributed by atoms with E-state index in [0.717, 1.165) is 27.7 Å². The Labute approximate surface area is 139 Å². The Morgan fingerprint density at radius 1 is 1.22 bits per heavy atom. The molecule has 124 valence electrons. The SMILES string of the molecule is CC(=O)NCCNC(=O)Cn1c(C)cc(-c2csc(C)n2)c1C. The van der Waals surface area contributed by atoms with Gasteiger partial charge in [-0.1, -0.05) is 0 Å². The summed E-state index contributed by atoms with van der Waals surface area (Å²) in [5.41, 5.74) is 4.08. The van der Waals surface area contributed by atoms with Crippen molar-refractivity contribution in [3.63, 3.8) is 0 Å². The van der Waals surface area contributed by atoms with Gasteiger partial charge < -0.3 is 15.2 Å². The third-order valence-corrected chi connectivity index (χ3v) is 4.36. The summed E-state index contributed by atoms with van der Waals surface area (Å²) < 4.78 is 1.98. The predicted octanol–water partition coefficient (Wildman–Crippen LogP) is 1.79. The maximum absolute atomic E-state index is 12.1. The molecular formula is C16H22N4O2S. The highest BCUT2D eigenvalue weighted by atomic mass is 32.1. The van der Waals surface area contributed by atoms with Crippen LogP contribution in [0.1, 0.15) is 23.3 Å². The lowest BCUT2D eigenvalue weighted by Crippen LogP contribution is -2.35. The molecule has 2 aromatic rings. The molecule has 6 nitrogen and oxygen atoms in total. The van der Waals surface area contributed by atoms with Gasteiger partial charge in [-0.25, -0.2) is 4.98 Å². The molecule has 0 atom stereocenters. The Hall–Kier alpha value is -2.15. The molecule has 0 fully saturated rings. The van der Waals surface area contributed by atoms with Crippen LogP contribution in [0.15, 0.2) is 11.4 Å². The number of hydrogen-bond acceptors (Lipinski definition) is 4. The van der Waals surface area contributed by atoms with E-state index in [0.29, 0.717) is 13.1 Å². The van der Waals surface area contributed by atoms with E-state index < -0.39 is 0 Å². The van der Waals surface area contributed by atoms with Gasteiger partial charge in [0.05, 0.1) is 10.7 Å². The molecule has 2 heterocycles. The molecule has 0 spiro atoms. The maximum atomic E-state index is 12.1. The van der Waals surface area contributed by atoms with Gasteiger partial charge in [-0.15, -0.1) is 11.3 Å². The molecule has 0 unspecified atom stereocenters. The second-order valence-electron chi connectivity index (χ2n) is 5.46. The van der Waals surface area contributed by atoms with Gasteiger partial charge in [0, 0.05) is 42.3 Å². The van der Waals surface area contributed by atoms with Crippen LogP contribution in [0.3, 0.4) is 0 Å². The Kier molecular flexibility index (Phi) is 5.54. The van der Waals surface area contributed by atoms with Crippen molar-refractivity contribution in [3.8, 4) is 11.3 Å². The summed E-state index contributed by atoms with van der Waals surface area (Å²) in [7, 11) is 0. The molecule has 0 aliphatic heterocycles. The molecule has 0 aromatic carbocycles. The molecule has 2 aromatic heterocycles. The van der Waals surface area contributed by atoms with Crippen LogP contribution in [-0.4, -0.2) is 34.5 Å². The molecule has 0 saturated carbocycles. The summed E-state index contributed by atoms with van der Waals surface area (Å²) >= 11 is 1.62. The number of aryl methyl sites for hydroxylation is 2. The lowest BCUT2D eigenvalue weighted by Gasteiger charge is -2.10. The van der Waals surface area contributed by atoms with Gasteiger partial charge in [-0.2, -0.15) is 0 Å². The quantitative estimate of drug-likeness (QED) is 0.791. The van der Waals surface area contributed by atoms with Gasteiger partial charge in [0.25, 0.3) is 0 Å². The van der Waals surface area contributed by atoms with E-state index in [2.05, 4.69) is 21.7 Å². The van der Waals surface area contributed by atoms with Crippen LogP contribution < -0.4 is 10.6 Å². The van der Waals surface area contributed by atoms with Crippen LogP contribution in [0.5, 0.6) is 0 Å². The molecule has 23 heavy (non-hydrogen) atoms. The van der Waals surface area contributed by atoms with Crippen LogP contribution >= 0.6 is 11.3 Å². The molecule has 2 rings (SSSR count). The molecule has 0 bridgehead atoms. The minimum absolute atomic E-state index is 0.0711. The molecule has 0 saturated heterocycles. The van der Waals surface area contributed by atoms with Gasteiger partial charge in [0.15, 0.2) is 0 Å². The fraction of sp³-hybridized carbons (Fsp3) is 0.438. The smallest absolute Gasteiger partial charge is 0.239 e. The minimum atomic E-state index is -0.0976. The van der Waals surface area contributed by atoms with Crippen LogP contribution in [0, 0.1) is 20.8 Å². The highest BCUT2D eigenvalue weighted by molar-refractivity contribution is 7.09.